The van der Waals surface area contributed by atoms with Crippen LogP contribution in [0.25, 0.3) is 16.6 Å². The van der Waals surface area contributed by atoms with Crippen LogP contribution in [0, 0.1) is 0 Å². The van der Waals surface area contributed by atoms with Gasteiger partial charge in [-0.25, -0.2) is 9.78 Å². The second kappa shape index (κ2) is 9.13. The van der Waals surface area contributed by atoms with Gasteiger partial charge in [-0.1, -0.05) is 47.1 Å². The summed E-state index contributed by atoms with van der Waals surface area (Å²) in [6.45, 7) is 0. The zero-order chi connectivity index (χ0) is 24.7. The standard InChI is InChI=1S/C22H17Cl2N5O4S/c1-27-18(25)17(20(32)28(2)22(27)33)16(30)10-34-21-26-15-6-4-3-5-12(15)19(31)29(21)11-7-8-13(23)14(24)9-11/h3-9H,10,25H2,1-2H3. The van der Waals surface area contributed by atoms with Crippen LogP contribution in [0.1, 0.15) is 10.4 Å². The van der Waals surface area contributed by atoms with E-state index < -0.39 is 17.0 Å². The van der Waals surface area contributed by atoms with Gasteiger partial charge in [-0.05, 0) is 30.3 Å². The number of para-hydroxylation sites is 1. The average molecular weight is 518 g/mol. The van der Waals surface area contributed by atoms with Gasteiger partial charge in [0.05, 0.1) is 32.4 Å². The van der Waals surface area contributed by atoms with Gasteiger partial charge in [-0.2, -0.15) is 0 Å². The highest BCUT2D eigenvalue weighted by atomic mass is 35.5. The molecule has 174 valence electrons. The lowest BCUT2D eigenvalue weighted by Crippen LogP contribution is -2.41. The van der Waals surface area contributed by atoms with Crippen LogP contribution < -0.4 is 22.5 Å². The quantitative estimate of drug-likeness (QED) is 0.245. The van der Waals surface area contributed by atoms with Crippen LogP contribution in [0.15, 0.2) is 62.0 Å². The van der Waals surface area contributed by atoms with Gasteiger partial charge in [0.25, 0.3) is 11.1 Å². The van der Waals surface area contributed by atoms with Gasteiger partial charge in [-0.15, -0.1) is 0 Å². The Hall–Kier alpha value is -3.34. The Morgan fingerprint density at radius 1 is 1.00 bits per heavy atom. The van der Waals surface area contributed by atoms with Crippen molar-refractivity contribution in [3.05, 3.63) is 89.3 Å². The molecule has 0 fully saturated rings. The maximum absolute atomic E-state index is 13.3. The van der Waals surface area contributed by atoms with Crippen LogP contribution in [-0.4, -0.2) is 30.2 Å². The van der Waals surface area contributed by atoms with Gasteiger partial charge in [-0.3, -0.25) is 28.1 Å². The topological polar surface area (TPSA) is 122 Å². The first-order chi connectivity index (χ1) is 16.1. The molecule has 0 saturated heterocycles. The Morgan fingerprint density at radius 2 is 1.71 bits per heavy atom. The minimum atomic E-state index is -0.792. The molecule has 34 heavy (non-hydrogen) atoms. The Kier molecular flexibility index (Phi) is 6.39. The van der Waals surface area contributed by atoms with Crippen molar-refractivity contribution < 1.29 is 4.79 Å². The molecule has 9 nitrogen and oxygen atoms in total. The normalized spacial score (nSPS) is 11.2. The third-order valence-electron chi connectivity index (χ3n) is 5.23. The van der Waals surface area contributed by atoms with Gasteiger partial charge >= 0.3 is 5.69 Å². The van der Waals surface area contributed by atoms with Gasteiger partial charge in [0.15, 0.2) is 10.9 Å². The summed E-state index contributed by atoms with van der Waals surface area (Å²) in [5.74, 6) is -1.10. The van der Waals surface area contributed by atoms with Gasteiger partial charge < -0.3 is 5.73 Å². The molecule has 0 aliphatic heterocycles. The number of nitrogens with zero attached hydrogens (tertiary/aromatic N) is 4. The number of thioether (sulfide) groups is 1. The van der Waals surface area contributed by atoms with Gasteiger partial charge in [0.2, 0.25) is 0 Å². The van der Waals surface area contributed by atoms with E-state index in [9.17, 15) is 19.2 Å². The Morgan fingerprint density at radius 3 is 2.41 bits per heavy atom. The summed E-state index contributed by atoms with van der Waals surface area (Å²) in [7, 11) is 2.63. The molecular formula is C22H17Cl2N5O4S. The van der Waals surface area contributed by atoms with Crippen LogP contribution >= 0.6 is 35.0 Å². The first-order valence-corrected chi connectivity index (χ1v) is 11.5. The van der Waals surface area contributed by atoms with E-state index in [0.29, 0.717) is 21.6 Å². The van der Waals surface area contributed by atoms with Crippen LogP contribution in [0.4, 0.5) is 5.82 Å². The number of anilines is 1. The third kappa shape index (κ3) is 4.04. The monoisotopic (exact) mass is 517 g/mol. The summed E-state index contributed by atoms with van der Waals surface area (Å²) < 4.78 is 3.16. The minimum Gasteiger partial charge on any atom is -0.384 e. The number of hydrogen-bond acceptors (Lipinski definition) is 7. The number of rotatable bonds is 5. The summed E-state index contributed by atoms with van der Waals surface area (Å²) in [4.78, 5) is 55.5. The maximum atomic E-state index is 13.3. The number of nitrogens with two attached hydrogens (primary N) is 1. The lowest BCUT2D eigenvalue weighted by atomic mass is 10.2. The first kappa shape index (κ1) is 23.8. The van der Waals surface area contributed by atoms with Gasteiger partial charge in [0, 0.05) is 14.1 Å². The van der Waals surface area contributed by atoms with E-state index in [-0.39, 0.29) is 32.9 Å². The predicted octanol–water partition coefficient (Wildman–Crippen LogP) is 2.65. The van der Waals surface area contributed by atoms with E-state index in [1.54, 1.807) is 36.4 Å². The summed E-state index contributed by atoms with van der Waals surface area (Å²) in [6.07, 6.45) is 0. The summed E-state index contributed by atoms with van der Waals surface area (Å²) in [6, 6.07) is 11.5. The SMILES string of the molecule is Cn1c(N)c(C(=O)CSc2nc3ccccc3c(=O)n2-c2ccc(Cl)c(Cl)c2)c(=O)n(C)c1=O. The van der Waals surface area contributed by atoms with Crippen molar-refractivity contribution >= 4 is 57.5 Å². The van der Waals surface area contributed by atoms with Crippen LogP contribution in [0.3, 0.4) is 0 Å². The van der Waals surface area contributed by atoms with Crippen molar-refractivity contribution in [2.24, 2.45) is 14.1 Å². The molecule has 0 aliphatic carbocycles. The highest BCUT2D eigenvalue weighted by Crippen LogP contribution is 2.27. The molecule has 4 aromatic rings. The number of nitrogen functional groups attached to an aromatic ring is 1. The van der Waals surface area contributed by atoms with Gasteiger partial charge in [0.1, 0.15) is 11.4 Å². The van der Waals surface area contributed by atoms with Crippen molar-refractivity contribution in [3.63, 3.8) is 0 Å². The van der Waals surface area contributed by atoms with E-state index in [1.165, 1.54) is 24.7 Å². The van der Waals surface area contributed by atoms with Crippen molar-refractivity contribution in [2.45, 2.75) is 5.16 Å². The van der Waals surface area contributed by atoms with E-state index >= 15 is 0 Å². The maximum Gasteiger partial charge on any atom is 0.332 e. The molecule has 2 N–H and O–H groups in total. The van der Waals surface area contributed by atoms with Crippen molar-refractivity contribution in [3.8, 4) is 5.69 Å². The molecule has 0 atom stereocenters. The van der Waals surface area contributed by atoms with Crippen molar-refractivity contribution in [1.29, 1.82) is 0 Å². The number of halogens is 2. The Labute approximate surface area is 206 Å². The van der Waals surface area contributed by atoms with Crippen LogP contribution in [0.2, 0.25) is 10.0 Å². The largest absolute Gasteiger partial charge is 0.384 e. The molecule has 12 heteroatoms. The van der Waals surface area contributed by atoms with E-state index in [4.69, 9.17) is 28.9 Å². The fourth-order valence-electron chi connectivity index (χ4n) is 3.39. The molecule has 2 heterocycles. The van der Waals surface area contributed by atoms with Crippen molar-refractivity contribution in [2.75, 3.05) is 11.5 Å². The first-order valence-electron chi connectivity index (χ1n) is 9.80. The molecule has 0 bridgehead atoms. The molecule has 4 rings (SSSR count). The molecule has 0 aliphatic rings. The fraction of sp³-hybridized carbons (Fsp3) is 0.136. The number of ketones is 1. The highest BCUT2D eigenvalue weighted by Gasteiger charge is 2.22. The minimum absolute atomic E-state index is 0.204. The zero-order valence-electron chi connectivity index (χ0n) is 17.9. The summed E-state index contributed by atoms with van der Waals surface area (Å²) >= 11 is 13.1. The molecule has 2 aromatic heterocycles. The second-order valence-electron chi connectivity index (χ2n) is 7.33. The number of Topliss-reactive ketones (excluding diaryl/α,β-unsaturated/α-hetero) is 1. The number of carbonyl (C=O) groups is 1. The lowest BCUT2D eigenvalue weighted by molar-refractivity contribution is 0.102. The molecule has 0 unspecified atom stereocenters. The summed E-state index contributed by atoms with van der Waals surface area (Å²) in [5.41, 5.74) is 4.64. The number of aromatic nitrogens is 4. The van der Waals surface area contributed by atoms with Crippen LogP contribution in [-0.2, 0) is 14.1 Å². The molecule has 2 aromatic carbocycles. The average Bonchev–Trinajstić information content (AvgIpc) is 2.82. The van der Waals surface area contributed by atoms with E-state index in [0.717, 1.165) is 20.9 Å². The van der Waals surface area contributed by atoms with E-state index in [2.05, 4.69) is 4.98 Å². The lowest BCUT2D eigenvalue weighted by Gasteiger charge is -2.14. The summed E-state index contributed by atoms with van der Waals surface area (Å²) in [5, 5.41) is 1.14. The highest BCUT2D eigenvalue weighted by molar-refractivity contribution is 7.99. The molecule has 0 saturated carbocycles. The molecular weight excluding hydrogens is 501 g/mol. The number of benzene rings is 2. The third-order valence-corrected chi connectivity index (χ3v) is 6.90. The zero-order valence-corrected chi connectivity index (χ0v) is 20.2. The van der Waals surface area contributed by atoms with Crippen LogP contribution in [0.5, 0.6) is 0 Å². The number of carbonyl (C=O) groups excluding carboxylic acids is 1. The molecule has 0 radical (unpaired) electrons. The molecule has 0 spiro atoms. The fourth-order valence-corrected chi connectivity index (χ4v) is 4.56. The second-order valence-corrected chi connectivity index (χ2v) is 9.09. The predicted molar refractivity (Wildman–Crippen MR) is 134 cm³/mol. The number of hydrogen-bond donors (Lipinski definition) is 1. The van der Waals surface area contributed by atoms with E-state index in [1.807, 2.05) is 0 Å². The molecule has 0 amide bonds. The Bertz CT molecular complexity index is 1660. The van der Waals surface area contributed by atoms with Crippen molar-refractivity contribution in [1.82, 2.24) is 18.7 Å². The smallest absolute Gasteiger partial charge is 0.332 e. The Balaban J connectivity index is 1.82. The number of fused-ring (bicyclic) bond motifs is 1.